The van der Waals surface area contributed by atoms with Crippen molar-refractivity contribution in [3.8, 4) is 0 Å². The summed E-state index contributed by atoms with van der Waals surface area (Å²) < 4.78 is 0.504. The van der Waals surface area contributed by atoms with Crippen LogP contribution in [-0.4, -0.2) is 15.0 Å². The van der Waals surface area contributed by atoms with Crippen LogP contribution in [0.1, 0.15) is 4.88 Å². The molecule has 0 radical (unpaired) electrons. The Hall–Kier alpha value is -1.05. The van der Waals surface area contributed by atoms with Crippen LogP contribution in [0.5, 0.6) is 0 Å². The molecule has 0 unspecified atom stereocenters. The standard InChI is InChI=1S/C8H7ClN4OS2/c9-7-11-2-4(16-7)3-15-8-12-5(10)1-6(14)13-8/h1-2H,3H2,(H3,10,12,13,14). The quantitative estimate of drug-likeness (QED) is 0.658. The van der Waals surface area contributed by atoms with E-state index >= 15 is 0 Å². The van der Waals surface area contributed by atoms with Crippen LogP contribution in [0.25, 0.3) is 0 Å². The molecule has 2 heterocycles. The molecular formula is C8H7ClN4OS2. The smallest absolute Gasteiger partial charge is 0.253 e. The second-order valence-corrected chi connectivity index (χ2v) is 5.50. The van der Waals surface area contributed by atoms with Gasteiger partial charge in [-0.15, -0.1) is 11.3 Å². The molecule has 2 aromatic heterocycles. The van der Waals surface area contributed by atoms with Crippen molar-refractivity contribution in [1.29, 1.82) is 0 Å². The molecule has 0 aromatic carbocycles. The van der Waals surface area contributed by atoms with E-state index < -0.39 is 0 Å². The van der Waals surface area contributed by atoms with Gasteiger partial charge < -0.3 is 10.7 Å². The summed E-state index contributed by atoms with van der Waals surface area (Å²) in [7, 11) is 0. The van der Waals surface area contributed by atoms with Gasteiger partial charge in [0.2, 0.25) is 0 Å². The van der Waals surface area contributed by atoms with Crippen LogP contribution in [0.4, 0.5) is 5.82 Å². The van der Waals surface area contributed by atoms with Gasteiger partial charge in [-0.2, -0.15) is 0 Å². The summed E-state index contributed by atoms with van der Waals surface area (Å²) in [4.78, 5) is 22.6. The first-order valence-electron chi connectivity index (χ1n) is 4.23. The highest BCUT2D eigenvalue weighted by molar-refractivity contribution is 7.98. The molecule has 8 heteroatoms. The largest absolute Gasteiger partial charge is 0.383 e. The molecule has 0 spiro atoms. The third-order valence-corrected chi connectivity index (χ3v) is 3.84. The van der Waals surface area contributed by atoms with E-state index in [1.54, 1.807) is 6.20 Å². The van der Waals surface area contributed by atoms with Crippen LogP contribution < -0.4 is 11.3 Å². The average Bonchev–Trinajstić information content (AvgIpc) is 2.60. The van der Waals surface area contributed by atoms with Crippen molar-refractivity contribution in [3.63, 3.8) is 0 Å². The van der Waals surface area contributed by atoms with Gasteiger partial charge in [0.25, 0.3) is 5.56 Å². The minimum absolute atomic E-state index is 0.216. The lowest BCUT2D eigenvalue weighted by molar-refractivity contribution is 0.945. The molecular weight excluding hydrogens is 268 g/mol. The third kappa shape index (κ3) is 2.97. The maximum atomic E-state index is 11.1. The number of nitrogen functional groups attached to an aromatic ring is 1. The number of hydrogen-bond donors (Lipinski definition) is 2. The Bertz CT molecular complexity index is 553. The lowest BCUT2D eigenvalue weighted by Gasteiger charge is -1.98. The predicted octanol–water partition coefficient (Wildman–Crippen LogP) is 1.75. The zero-order chi connectivity index (χ0) is 11.5. The van der Waals surface area contributed by atoms with Crippen LogP contribution >= 0.6 is 34.7 Å². The molecule has 0 aliphatic rings. The van der Waals surface area contributed by atoms with E-state index in [0.29, 0.717) is 15.4 Å². The first-order chi connectivity index (χ1) is 7.63. The topological polar surface area (TPSA) is 84.7 Å². The highest BCUT2D eigenvalue weighted by Crippen LogP contribution is 2.24. The van der Waals surface area contributed by atoms with Gasteiger partial charge in [0.1, 0.15) is 5.82 Å². The summed E-state index contributed by atoms with van der Waals surface area (Å²) in [5, 5.41) is 0.495. The van der Waals surface area contributed by atoms with Crippen molar-refractivity contribution in [2.75, 3.05) is 5.73 Å². The summed E-state index contributed by atoms with van der Waals surface area (Å²) in [6, 6.07) is 1.24. The molecule has 0 aliphatic carbocycles. The molecule has 84 valence electrons. The van der Waals surface area contributed by atoms with Crippen molar-refractivity contribution in [3.05, 3.63) is 32.0 Å². The van der Waals surface area contributed by atoms with Gasteiger partial charge in [-0.25, -0.2) is 9.97 Å². The van der Waals surface area contributed by atoms with Crippen LogP contribution in [-0.2, 0) is 5.75 Å². The Morgan fingerprint density at radius 3 is 3.06 bits per heavy atom. The fraction of sp³-hybridized carbons (Fsp3) is 0.125. The molecule has 0 amide bonds. The number of halogens is 1. The van der Waals surface area contributed by atoms with E-state index in [1.165, 1.54) is 29.2 Å². The van der Waals surface area contributed by atoms with Gasteiger partial charge >= 0.3 is 0 Å². The second-order valence-electron chi connectivity index (χ2n) is 2.84. The van der Waals surface area contributed by atoms with Crippen molar-refractivity contribution < 1.29 is 0 Å². The molecule has 3 N–H and O–H groups in total. The molecule has 2 rings (SSSR count). The summed E-state index contributed by atoms with van der Waals surface area (Å²) in [6.07, 6.45) is 1.70. The molecule has 0 saturated heterocycles. The number of anilines is 1. The van der Waals surface area contributed by atoms with Gasteiger partial charge in [0, 0.05) is 22.9 Å². The Morgan fingerprint density at radius 1 is 1.62 bits per heavy atom. The lowest BCUT2D eigenvalue weighted by Crippen LogP contribution is -2.09. The molecule has 2 aromatic rings. The molecule has 0 atom stereocenters. The van der Waals surface area contributed by atoms with Crippen LogP contribution in [0.15, 0.2) is 22.2 Å². The highest BCUT2D eigenvalue weighted by atomic mass is 35.5. The summed E-state index contributed by atoms with van der Waals surface area (Å²) >= 11 is 8.48. The van der Waals surface area contributed by atoms with E-state index in [2.05, 4.69) is 15.0 Å². The minimum atomic E-state index is -0.252. The Morgan fingerprint density at radius 2 is 2.44 bits per heavy atom. The summed E-state index contributed by atoms with van der Waals surface area (Å²) in [6.45, 7) is 0. The first kappa shape index (κ1) is 11.4. The summed E-state index contributed by atoms with van der Waals surface area (Å²) in [5.41, 5.74) is 5.20. The maximum Gasteiger partial charge on any atom is 0.253 e. The van der Waals surface area contributed by atoms with Gasteiger partial charge in [0.15, 0.2) is 9.62 Å². The average molecular weight is 275 g/mol. The van der Waals surface area contributed by atoms with Crippen LogP contribution in [0.3, 0.4) is 0 Å². The number of rotatable bonds is 3. The number of aromatic nitrogens is 3. The highest BCUT2D eigenvalue weighted by Gasteiger charge is 2.03. The third-order valence-electron chi connectivity index (χ3n) is 1.62. The Balaban J connectivity index is 2.07. The molecule has 0 aliphatic heterocycles. The van der Waals surface area contributed by atoms with Crippen LogP contribution in [0, 0.1) is 0 Å². The fourth-order valence-corrected chi connectivity index (χ4v) is 2.89. The number of aromatic amines is 1. The van der Waals surface area contributed by atoms with Gasteiger partial charge in [-0.3, -0.25) is 4.79 Å². The summed E-state index contributed by atoms with van der Waals surface area (Å²) in [5.74, 6) is 0.866. The van der Waals surface area contributed by atoms with E-state index in [0.717, 1.165) is 4.88 Å². The Labute approximate surface area is 104 Å². The Kier molecular flexibility index (Phi) is 3.47. The van der Waals surface area contributed by atoms with E-state index in [4.69, 9.17) is 17.3 Å². The molecule has 0 bridgehead atoms. The normalized spacial score (nSPS) is 10.6. The number of thiazole rings is 1. The van der Waals surface area contributed by atoms with E-state index in [-0.39, 0.29) is 11.4 Å². The van der Waals surface area contributed by atoms with Gasteiger partial charge in [0.05, 0.1) is 0 Å². The van der Waals surface area contributed by atoms with Crippen molar-refractivity contribution in [1.82, 2.24) is 15.0 Å². The van der Waals surface area contributed by atoms with Crippen molar-refractivity contribution >= 4 is 40.5 Å². The lowest BCUT2D eigenvalue weighted by atomic mass is 10.6. The van der Waals surface area contributed by atoms with E-state index in [1.807, 2.05) is 0 Å². The predicted molar refractivity (Wildman–Crippen MR) is 66.0 cm³/mol. The van der Waals surface area contributed by atoms with E-state index in [9.17, 15) is 4.79 Å². The van der Waals surface area contributed by atoms with Crippen LogP contribution in [0.2, 0.25) is 4.47 Å². The molecule has 0 saturated carbocycles. The second kappa shape index (κ2) is 4.86. The zero-order valence-corrected chi connectivity index (χ0v) is 10.3. The zero-order valence-electron chi connectivity index (χ0n) is 7.94. The van der Waals surface area contributed by atoms with Gasteiger partial charge in [-0.05, 0) is 0 Å². The monoisotopic (exact) mass is 274 g/mol. The molecule has 16 heavy (non-hydrogen) atoms. The number of nitrogens with two attached hydrogens (primary N) is 1. The van der Waals surface area contributed by atoms with Crippen molar-refractivity contribution in [2.45, 2.75) is 10.9 Å². The number of nitrogens with one attached hydrogen (secondary N) is 1. The van der Waals surface area contributed by atoms with Gasteiger partial charge in [-0.1, -0.05) is 23.4 Å². The molecule has 5 nitrogen and oxygen atoms in total. The molecule has 0 fully saturated rings. The SMILES string of the molecule is Nc1cc(=O)[nH]c(SCc2cnc(Cl)s2)n1. The maximum absolute atomic E-state index is 11.1. The minimum Gasteiger partial charge on any atom is -0.383 e. The number of H-pyrrole nitrogens is 1. The fourth-order valence-electron chi connectivity index (χ4n) is 1.01. The van der Waals surface area contributed by atoms with Crippen molar-refractivity contribution in [2.24, 2.45) is 0 Å². The number of hydrogen-bond acceptors (Lipinski definition) is 6. The first-order valence-corrected chi connectivity index (χ1v) is 6.41. The number of thioether (sulfide) groups is 1. The number of nitrogens with zero attached hydrogens (tertiary/aromatic N) is 2.